The largest absolute Gasteiger partial charge is 0.560 e. The Kier molecular flexibility index (Phi) is 9.53. The summed E-state index contributed by atoms with van der Waals surface area (Å²) < 4.78 is 20.5. The van der Waals surface area contributed by atoms with Crippen molar-refractivity contribution in [2.45, 2.75) is 25.7 Å². The molecule has 0 aromatic heterocycles. The number of imide groups is 2. The third-order valence-electron chi connectivity index (χ3n) is 7.22. The number of methoxy groups -OCH3 is 4. The monoisotopic (exact) mass is 646 g/mol. The number of nitrogens with zero attached hydrogens (tertiary/aromatic N) is 4. The van der Waals surface area contributed by atoms with Crippen LogP contribution in [0.15, 0.2) is 24.3 Å². The normalized spacial score (nSPS) is 17.7. The fourth-order valence-electron chi connectivity index (χ4n) is 5.03. The Balaban J connectivity index is 1.44. The van der Waals surface area contributed by atoms with Crippen molar-refractivity contribution in [2.24, 2.45) is 11.8 Å². The molecule has 2 aromatic rings. The lowest BCUT2D eigenvalue weighted by Gasteiger charge is -2.17. The van der Waals surface area contributed by atoms with Crippen LogP contribution in [0.4, 0.5) is 16.2 Å². The molecule has 0 N–H and O–H groups in total. The summed E-state index contributed by atoms with van der Waals surface area (Å²) in [5, 5.41) is 23.4. The molecule has 0 spiro atoms. The molecule has 2 fully saturated rings. The number of rotatable bonds is 12. The zero-order valence-corrected chi connectivity index (χ0v) is 24.7. The van der Waals surface area contributed by atoms with E-state index < -0.39 is 75.7 Å². The van der Waals surface area contributed by atoms with Gasteiger partial charge in [-0.25, -0.2) is 0 Å². The summed E-state index contributed by atoms with van der Waals surface area (Å²) in [6.45, 7) is 0. The minimum absolute atomic E-state index is 0.0345. The summed E-state index contributed by atoms with van der Waals surface area (Å²) in [7, 11) is 5.17. The number of carbonyl (C=O) groups is 5. The molecule has 46 heavy (non-hydrogen) atoms. The van der Waals surface area contributed by atoms with Crippen LogP contribution in [-0.4, -0.2) is 78.2 Å². The van der Waals surface area contributed by atoms with Crippen LogP contribution in [0.2, 0.25) is 0 Å². The van der Waals surface area contributed by atoms with Crippen molar-refractivity contribution in [1.29, 1.82) is 0 Å². The van der Waals surface area contributed by atoms with Gasteiger partial charge in [0.05, 0.1) is 62.3 Å². The second-order valence-electron chi connectivity index (χ2n) is 9.88. The van der Waals surface area contributed by atoms with Crippen LogP contribution in [0.25, 0.3) is 0 Å². The lowest BCUT2D eigenvalue weighted by atomic mass is 9.96. The van der Waals surface area contributed by atoms with Crippen LogP contribution in [0.5, 0.6) is 23.0 Å². The zero-order valence-electron chi connectivity index (χ0n) is 24.7. The first-order chi connectivity index (χ1) is 21.8. The Morgan fingerprint density at radius 3 is 1.30 bits per heavy atom. The van der Waals surface area contributed by atoms with E-state index in [0.717, 1.165) is 12.1 Å². The lowest BCUT2D eigenvalue weighted by Crippen LogP contribution is -2.39. The van der Waals surface area contributed by atoms with E-state index in [0.29, 0.717) is 0 Å². The van der Waals surface area contributed by atoms with E-state index in [1.165, 1.54) is 40.6 Å². The molecule has 2 aliphatic heterocycles. The molecule has 244 valence electrons. The smallest absolute Gasteiger partial charge is 0.493 e. The number of carbonyl (C=O) groups excluding carboxylic acids is 5. The molecular formula is C27H26N4O15. The van der Waals surface area contributed by atoms with E-state index in [2.05, 4.69) is 0 Å². The van der Waals surface area contributed by atoms with Crippen molar-refractivity contribution in [3.8, 4) is 23.0 Å². The zero-order chi connectivity index (χ0) is 33.9. The third kappa shape index (κ3) is 6.42. The molecule has 0 radical (unpaired) electrons. The van der Waals surface area contributed by atoms with Gasteiger partial charge in [0, 0.05) is 24.0 Å². The predicted molar refractivity (Wildman–Crippen MR) is 147 cm³/mol. The average molecular weight is 647 g/mol. The second-order valence-corrected chi connectivity index (χ2v) is 9.88. The maximum Gasteiger partial charge on any atom is 0.560 e. The number of hydroxylamine groups is 4. The Labute approximate surface area is 258 Å². The first-order valence-electron chi connectivity index (χ1n) is 13.2. The number of hydrogen-bond acceptors (Lipinski definition) is 15. The van der Waals surface area contributed by atoms with E-state index in [4.69, 9.17) is 28.6 Å². The van der Waals surface area contributed by atoms with Gasteiger partial charge in [0.1, 0.15) is 0 Å². The maximum atomic E-state index is 12.9. The van der Waals surface area contributed by atoms with Crippen LogP contribution in [-0.2, 0) is 41.7 Å². The number of amides is 4. The highest BCUT2D eigenvalue weighted by molar-refractivity contribution is 6.04. The molecule has 2 aliphatic rings. The number of benzene rings is 2. The van der Waals surface area contributed by atoms with Crippen molar-refractivity contribution in [1.82, 2.24) is 10.1 Å². The fraction of sp³-hybridized carbons (Fsp3) is 0.370. The molecule has 0 saturated carbocycles. The molecule has 0 bridgehead atoms. The summed E-state index contributed by atoms with van der Waals surface area (Å²) in [6.07, 6.45) is -3.40. The molecule has 0 aliphatic carbocycles. The minimum Gasteiger partial charge on any atom is -0.493 e. The van der Waals surface area contributed by atoms with Gasteiger partial charge in [-0.2, -0.15) is 4.79 Å². The van der Waals surface area contributed by atoms with Crippen LogP contribution < -0.4 is 18.9 Å². The average Bonchev–Trinajstić information content (AvgIpc) is 3.43. The highest BCUT2D eigenvalue weighted by Crippen LogP contribution is 2.38. The Morgan fingerprint density at radius 2 is 1.00 bits per heavy atom. The van der Waals surface area contributed by atoms with Crippen molar-refractivity contribution >= 4 is 41.2 Å². The quantitative estimate of drug-likeness (QED) is 0.182. The molecule has 19 nitrogen and oxygen atoms in total. The van der Waals surface area contributed by atoms with Crippen LogP contribution in [0.3, 0.4) is 0 Å². The predicted octanol–water partition coefficient (Wildman–Crippen LogP) is 2.06. The number of nitro benzene ring substituents is 2. The van der Waals surface area contributed by atoms with Gasteiger partial charge in [-0.3, -0.25) is 49.1 Å². The minimum atomic E-state index is -1.78. The molecule has 4 rings (SSSR count). The van der Waals surface area contributed by atoms with Crippen LogP contribution in [0, 0.1) is 32.1 Å². The van der Waals surface area contributed by atoms with E-state index in [-0.39, 0.29) is 57.1 Å². The molecular weight excluding hydrogens is 620 g/mol. The van der Waals surface area contributed by atoms with E-state index in [9.17, 15) is 44.2 Å². The lowest BCUT2D eigenvalue weighted by molar-refractivity contribution is -0.385. The highest BCUT2D eigenvalue weighted by atomic mass is 16.9. The molecule has 2 heterocycles. The second kappa shape index (κ2) is 13.3. The van der Waals surface area contributed by atoms with Gasteiger partial charge < -0.3 is 18.9 Å². The van der Waals surface area contributed by atoms with Gasteiger partial charge >= 0.3 is 6.16 Å². The van der Waals surface area contributed by atoms with Crippen molar-refractivity contribution in [3.05, 3.63) is 55.6 Å². The molecule has 2 aromatic carbocycles. The molecule has 4 amide bonds. The Bertz CT molecular complexity index is 1520. The van der Waals surface area contributed by atoms with E-state index in [1.54, 1.807) is 0 Å². The van der Waals surface area contributed by atoms with E-state index >= 15 is 0 Å². The van der Waals surface area contributed by atoms with Crippen molar-refractivity contribution in [3.63, 3.8) is 0 Å². The maximum absolute atomic E-state index is 12.9. The summed E-state index contributed by atoms with van der Waals surface area (Å²) in [5.74, 6) is -6.04. The number of hydrogen-bond donors (Lipinski definition) is 0. The van der Waals surface area contributed by atoms with E-state index in [1.807, 2.05) is 0 Å². The number of ether oxygens (including phenoxy) is 4. The topological polar surface area (TPSA) is 233 Å². The molecule has 2 saturated heterocycles. The van der Waals surface area contributed by atoms with Crippen LogP contribution >= 0.6 is 0 Å². The standard InChI is InChI=1S/C27H26N4O15/c1-41-19-7-13(17(30(37)38)11-21(19)43-3)5-15-9-23(32)28(25(15)34)45-27(36)46-29-24(33)10-16(26(29)35)6-14-8-20(42-2)22(44-4)12-18(14)31(39)40/h7-8,11-12,15-16H,5-6,9-10H2,1-4H3. The summed E-state index contributed by atoms with van der Waals surface area (Å²) in [5.41, 5.74) is -0.745. The summed E-state index contributed by atoms with van der Waals surface area (Å²) in [6, 6.07) is 4.76. The SMILES string of the molecule is COc1cc(CC2CC(=O)N(OC(=O)ON3C(=O)CC(Cc4cc(OC)c(OC)cc4[N+](=O)[O-])C3=O)C2=O)c([N+](=O)[O-])cc1OC. The first kappa shape index (κ1) is 32.9. The van der Waals surface area contributed by atoms with Crippen molar-refractivity contribution < 1.29 is 62.4 Å². The third-order valence-corrected chi connectivity index (χ3v) is 7.22. The Hall–Kier alpha value is -6.01. The van der Waals surface area contributed by atoms with Gasteiger partial charge in [0.15, 0.2) is 23.0 Å². The van der Waals surface area contributed by atoms with Gasteiger partial charge in [-0.05, 0) is 25.0 Å². The highest BCUT2D eigenvalue weighted by Gasteiger charge is 2.46. The Morgan fingerprint density at radius 1 is 0.674 bits per heavy atom. The van der Waals surface area contributed by atoms with Crippen LogP contribution in [0.1, 0.15) is 24.0 Å². The van der Waals surface area contributed by atoms with Gasteiger partial charge in [0.2, 0.25) is 0 Å². The summed E-state index contributed by atoms with van der Waals surface area (Å²) >= 11 is 0. The van der Waals surface area contributed by atoms with Gasteiger partial charge in [-0.1, -0.05) is 10.1 Å². The summed E-state index contributed by atoms with van der Waals surface area (Å²) in [4.78, 5) is 94.7. The number of nitro groups is 2. The molecule has 19 heteroatoms. The molecule has 2 atom stereocenters. The van der Waals surface area contributed by atoms with Gasteiger partial charge in [0.25, 0.3) is 35.0 Å². The van der Waals surface area contributed by atoms with Gasteiger partial charge in [-0.15, -0.1) is 0 Å². The molecule has 2 unspecified atom stereocenters. The fourth-order valence-corrected chi connectivity index (χ4v) is 5.03. The first-order valence-corrected chi connectivity index (χ1v) is 13.2. The van der Waals surface area contributed by atoms with Crippen molar-refractivity contribution in [2.75, 3.05) is 28.4 Å².